The lowest BCUT2D eigenvalue weighted by molar-refractivity contribution is -0.150. The van der Waals surface area contributed by atoms with E-state index in [1.807, 2.05) is 55.7 Å². The standard InChI is InChI=1S/C22H27N3O3/c1-4-17(2)21(22(26)27-3)28-20-7-5-18(6-8-20)24-13-15-25(16-14-24)19-9-11-23-12-10-19/h4-12,17,21H,1,13-16H2,2-3H3. The van der Waals surface area contributed by atoms with Crippen LogP contribution in [0.3, 0.4) is 0 Å². The highest BCUT2D eigenvalue weighted by Crippen LogP contribution is 2.24. The number of esters is 1. The van der Waals surface area contributed by atoms with Gasteiger partial charge in [0.1, 0.15) is 5.75 Å². The Labute approximate surface area is 166 Å². The number of anilines is 2. The van der Waals surface area contributed by atoms with Crippen molar-refractivity contribution < 1.29 is 14.3 Å². The van der Waals surface area contributed by atoms with Gasteiger partial charge >= 0.3 is 5.97 Å². The molecule has 0 amide bonds. The molecule has 1 aromatic heterocycles. The van der Waals surface area contributed by atoms with E-state index in [-0.39, 0.29) is 5.92 Å². The van der Waals surface area contributed by atoms with Crippen LogP contribution in [0.25, 0.3) is 0 Å². The number of pyridine rings is 1. The Bertz CT molecular complexity index is 771. The second-order valence-electron chi connectivity index (χ2n) is 6.83. The Hall–Kier alpha value is -3.02. The zero-order valence-corrected chi connectivity index (χ0v) is 16.5. The molecule has 2 aromatic rings. The molecule has 6 heteroatoms. The van der Waals surface area contributed by atoms with E-state index in [4.69, 9.17) is 9.47 Å². The maximum atomic E-state index is 12.0. The zero-order chi connectivity index (χ0) is 19.9. The third kappa shape index (κ3) is 4.63. The first-order valence-electron chi connectivity index (χ1n) is 9.49. The quantitative estimate of drug-likeness (QED) is 0.542. The maximum Gasteiger partial charge on any atom is 0.347 e. The van der Waals surface area contributed by atoms with E-state index < -0.39 is 12.1 Å². The number of ether oxygens (including phenoxy) is 2. The van der Waals surface area contributed by atoms with Crippen molar-refractivity contribution in [1.29, 1.82) is 0 Å². The van der Waals surface area contributed by atoms with Gasteiger partial charge in [-0.3, -0.25) is 4.98 Å². The van der Waals surface area contributed by atoms with Crippen molar-refractivity contribution >= 4 is 17.3 Å². The van der Waals surface area contributed by atoms with Crippen LogP contribution < -0.4 is 14.5 Å². The number of rotatable bonds is 7. The molecule has 1 aliphatic rings. The Morgan fingerprint density at radius 3 is 2.07 bits per heavy atom. The van der Waals surface area contributed by atoms with Crippen LogP contribution in [0.15, 0.2) is 61.4 Å². The van der Waals surface area contributed by atoms with Gasteiger partial charge < -0.3 is 19.3 Å². The van der Waals surface area contributed by atoms with Gasteiger partial charge in [-0.25, -0.2) is 4.79 Å². The van der Waals surface area contributed by atoms with Crippen LogP contribution in [0.1, 0.15) is 6.92 Å². The van der Waals surface area contributed by atoms with E-state index in [0.29, 0.717) is 5.75 Å². The third-order valence-corrected chi connectivity index (χ3v) is 5.06. The average Bonchev–Trinajstić information content (AvgIpc) is 2.77. The second-order valence-corrected chi connectivity index (χ2v) is 6.83. The summed E-state index contributed by atoms with van der Waals surface area (Å²) in [6, 6.07) is 12.0. The highest BCUT2D eigenvalue weighted by Gasteiger charge is 2.26. The number of carbonyl (C=O) groups excluding carboxylic acids is 1. The van der Waals surface area contributed by atoms with Gasteiger partial charge in [-0.05, 0) is 36.4 Å². The fraction of sp³-hybridized carbons (Fsp3) is 0.364. The number of benzene rings is 1. The Morgan fingerprint density at radius 2 is 1.57 bits per heavy atom. The van der Waals surface area contributed by atoms with Crippen LogP contribution in [-0.2, 0) is 9.53 Å². The number of nitrogens with zero attached hydrogens (tertiary/aromatic N) is 3. The Kier molecular flexibility index (Phi) is 6.53. The Balaban J connectivity index is 1.60. The summed E-state index contributed by atoms with van der Waals surface area (Å²) in [4.78, 5) is 20.8. The highest BCUT2D eigenvalue weighted by atomic mass is 16.6. The molecule has 0 aliphatic carbocycles. The van der Waals surface area contributed by atoms with Gasteiger partial charge in [0, 0.05) is 55.9 Å². The number of hydrogen-bond acceptors (Lipinski definition) is 6. The minimum Gasteiger partial charge on any atom is -0.478 e. The summed E-state index contributed by atoms with van der Waals surface area (Å²) >= 11 is 0. The molecule has 1 saturated heterocycles. The molecule has 2 unspecified atom stereocenters. The molecular weight excluding hydrogens is 354 g/mol. The number of carbonyl (C=O) groups is 1. The number of methoxy groups -OCH3 is 1. The first-order chi connectivity index (χ1) is 13.6. The summed E-state index contributed by atoms with van der Waals surface area (Å²) in [5.74, 6) is 0.0976. The van der Waals surface area contributed by atoms with Crippen molar-refractivity contribution in [2.75, 3.05) is 43.1 Å². The van der Waals surface area contributed by atoms with E-state index in [0.717, 1.165) is 31.9 Å². The van der Waals surface area contributed by atoms with Crippen molar-refractivity contribution in [3.8, 4) is 5.75 Å². The molecule has 0 N–H and O–H groups in total. The van der Waals surface area contributed by atoms with Gasteiger partial charge in [-0.2, -0.15) is 0 Å². The highest BCUT2D eigenvalue weighted by molar-refractivity contribution is 5.75. The molecule has 1 aromatic carbocycles. The molecule has 3 rings (SSSR count). The molecule has 2 heterocycles. The predicted molar refractivity (Wildman–Crippen MR) is 111 cm³/mol. The second kappa shape index (κ2) is 9.26. The number of aromatic nitrogens is 1. The Morgan fingerprint density at radius 1 is 1.04 bits per heavy atom. The molecule has 2 atom stereocenters. The molecule has 0 radical (unpaired) electrons. The molecule has 6 nitrogen and oxygen atoms in total. The summed E-state index contributed by atoms with van der Waals surface area (Å²) < 4.78 is 10.7. The van der Waals surface area contributed by atoms with Crippen molar-refractivity contribution in [1.82, 2.24) is 4.98 Å². The number of hydrogen-bond donors (Lipinski definition) is 0. The summed E-state index contributed by atoms with van der Waals surface area (Å²) in [6.07, 6.45) is 4.65. The van der Waals surface area contributed by atoms with Crippen LogP contribution in [0.2, 0.25) is 0 Å². The van der Waals surface area contributed by atoms with Crippen molar-refractivity contribution in [3.05, 3.63) is 61.4 Å². The molecule has 0 spiro atoms. The van der Waals surface area contributed by atoms with E-state index >= 15 is 0 Å². The zero-order valence-electron chi connectivity index (χ0n) is 16.5. The van der Waals surface area contributed by atoms with E-state index in [9.17, 15) is 4.79 Å². The van der Waals surface area contributed by atoms with E-state index in [1.165, 1.54) is 12.8 Å². The normalized spacial score (nSPS) is 16.2. The minimum atomic E-state index is -0.697. The minimum absolute atomic E-state index is 0.145. The molecule has 1 fully saturated rings. The van der Waals surface area contributed by atoms with Gasteiger partial charge in [0.2, 0.25) is 6.10 Å². The largest absolute Gasteiger partial charge is 0.478 e. The molecule has 1 aliphatic heterocycles. The first-order valence-corrected chi connectivity index (χ1v) is 9.49. The lowest BCUT2D eigenvalue weighted by Gasteiger charge is -2.37. The van der Waals surface area contributed by atoms with Gasteiger partial charge in [-0.1, -0.05) is 13.0 Å². The van der Waals surface area contributed by atoms with Gasteiger partial charge in [-0.15, -0.1) is 6.58 Å². The van der Waals surface area contributed by atoms with Crippen LogP contribution >= 0.6 is 0 Å². The summed E-state index contributed by atoms with van der Waals surface area (Å²) in [7, 11) is 1.36. The summed E-state index contributed by atoms with van der Waals surface area (Å²) in [5.41, 5.74) is 2.36. The van der Waals surface area contributed by atoms with E-state index in [1.54, 1.807) is 6.08 Å². The maximum absolute atomic E-state index is 12.0. The van der Waals surface area contributed by atoms with Crippen LogP contribution in [0.5, 0.6) is 5.75 Å². The molecule has 0 bridgehead atoms. The fourth-order valence-electron chi connectivity index (χ4n) is 3.27. The average molecular weight is 381 g/mol. The smallest absolute Gasteiger partial charge is 0.347 e. The van der Waals surface area contributed by atoms with Crippen molar-refractivity contribution in [3.63, 3.8) is 0 Å². The van der Waals surface area contributed by atoms with Crippen molar-refractivity contribution in [2.45, 2.75) is 13.0 Å². The molecule has 0 saturated carbocycles. The number of piperazine rings is 1. The summed E-state index contributed by atoms with van der Waals surface area (Å²) in [5, 5.41) is 0. The lowest BCUT2D eigenvalue weighted by atomic mass is 10.1. The van der Waals surface area contributed by atoms with Crippen molar-refractivity contribution in [2.24, 2.45) is 5.92 Å². The van der Waals surface area contributed by atoms with Gasteiger partial charge in [0.15, 0.2) is 0 Å². The van der Waals surface area contributed by atoms with E-state index in [2.05, 4.69) is 21.4 Å². The lowest BCUT2D eigenvalue weighted by Crippen LogP contribution is -2.46. The monoisotopic (exact) mass is 381 g/mol. The van der Waals surface area contributed by atoms with Gasteiger partial charge in [0.05, 0.1) is 7.11 Å². The van der Waals surface area contributed by atoms with Crippen LogP contribution in [0, 0.1) is 5.92 Å². The summed E-state index contributed by atoms with van der Waals surface area (Å²) in [6.45, 7) is 9.44. The molecule has 148 valence electrons. The first kappa shape index (κ1) is 19.7. The molecule has 28 heavy (non-hydrogen) atoms. The SMILES string of the molecule is C=CC(C)C(Oc1ccc(N2CCN(c3ccncc3)CC2)cc1)C(=O)OC. The van der Waals surface area contributed by atoms with Crippen LogP contribution in [-0.4, -0.2) is 50.3 Å². The topological polar surface area (TPSA) is 54.9 Å². The third-order valence-electron chi connectivity index (χ3n) is 5.06. The fourth-order valence-corrected chi connectivity index (χ4v) is 3.27. The van der Waals surface area contributed by atoms with Gasteiger partial charge in [0.25, 0.3) is 0 Å². The molecular formula is C22H27N3O3. The van der Waals surface area contributed by atoms with Crippen LogP contribution in [0.4, 0.5) is 11.4 Å². The predicted octanol–water partition coefficient (Wildman–Crippen LogP) is 3.15.